The van der Waals surface area contributed by atoms with E-state index in [1.165, 1.54) is 18.2 Å². The van der Waals surface area contributed by atoms with E-state index in [1.54, 1.807) is 13.0 Å². The van der Waals surface area contributed by atoms with Crippen LogP contribution < -0.4 is 15.6 Å². The first-order valence-corrected chi connectivity index (χ1v) is 10.4. The van der Waals surface area contributed by atoms with Crippen LogP contribution in [0.4, 0.5) is 23.2 Å². The minimum Gasteiger partial charge on any atom is -0.493 e. The number of hydrogen-bond acceptors (Lipinski definition) is 6. The highest BCUT2D eigenvalue weighted by Gasteiger charge is 2.60. The number of aryl methyl sites for hydroxylation is 1. The molecule has 34 heavy (non-hydrogen) atoms. The number of aromatic amines is 1. The Morgan fingerprint density at radius 1 is 1.24 bits per heavy atom. The lowest BCUT2D eigenvalue weighted by Crippen LogP contribution is -2.55. The number of halogens is 5. The van der Waals surface area contributed by atoms with Gasteiger partial charge in [-0.2, -0.15) is 18.1 Å². The zero-order chi connectivity index (χ0) is 25.3. The van der Waals surface area contributed by atoms with Gasteiger partial charge in [-0.05, 0) is 42.3 Å². The number of alkyl halides is 3. The normalized spacial score (nSPS) is 14.5. The van der Waals surface area contributed by atoms with Crippen LogP contribution in [0, 0.1) is 10.7 Å². The zero-order valence-corrected chi connectivity index (χ0v) is 18.7. The first-order valence-electron chi connectivity index (χ1n) is 9.98. The molecule has 0 radical (unpaired) electrons. The first-order chi connectivity index (χ1) is 15.9. The van der Waals surface area contributed by atoms with Crippen molar-refractivity contribution < 1.29 is 27.4 Å². The molecule has 7 nitrogen and oxygen atoms in total. The molecule has 12 heteroatoms. The highest BCUT2D eigenvalue weighted by Crippen LogP contribution is 2.46. The highest BCUT2D eigenvalue weighted by molar-refractivity contribution is 6.30. The van der Waals surface area contributed by atoms with E-state index < -0.39 is 47.1 Å². The molecular weight excluding hydrogens is 482 g/mol. The van der Waals surface area contributed by atoms with Gasteiger partial charge in [0.15, 0.2) is 11.6 Å². The molecule has 0 aliphatic heterocycles. The summed E-state index contributed by atoms with van der Waals surface area (Å²) in [6, 6.07) is 5.38. The zero-order valence-electron chi connectivity index (χ0n) is 18.0. The number of anilines is 1. The lowest BCUT2D eigenvalue weighted by Gasteiger charge is -2.38. The van der Waals surface area contributed by atoms with Gasteiger partial charge < -0.3 is 20.1 Å². The minimum absolute atomic E-state index is 0.0756. The molecule has 0 fully saturated rings. The topological polar surface area (TPSA) is 104 Å². The molecule has 182 valence electrons. The van der Waals surface area contributed by atoms with Gasteiger partial charge in [-0.3, -0.25) is 4.79 Å². The smallest absolute Gasteiger partial charge is 0.421 e. The van der Waals surface area contributed by atoms with Crippen molar-refractivity contribution in [2.24, 2.45) is 5.18 Å². The molecule has 0 spiro atoms. The summed E-state index contributed by atoms with van der Waals surface area (Å²) in [5.74, 6) is -1.68. The summed E-state index contributed by atoms with van der Waals surface area (Å²) < 4.78 is 62.1. The van der Waals surface area contributed by atoms with Crippen LogP contribution in [0.25, 0.3) is 10.9 Å². The van der Waals surface area contributed by atoms with Gasteiger partial charge in [0.2, 0.25) is 11.2 Å². The molecule has 2 unspecified atom stereocenters. The fraction of sp³-hybridized carbons (Fsp3) is 0.318. The van der Waals surface area contributed by atoms with E-state index in [1.807, 2.05) is 0 Å². The molecule has 0 aliphatic carbocycles. The third kappa shape index (κ3) is 4.71. The summed E-state index contributed by atoms with van der Waals surface area (Å²) in [6.45, 7) is 0.189. The van der Waals surface area contributed by atoms with E-state index in [4.69, 9.17) is 16.3 Å². The molecule has 0 saturated heterocycles. The van der Waals surface area contributed by atoms with Crippen LogP contribution in [0.2, 0.25) is 5.02 Å². The van der Waals surface area contributed by atoms with Crippen molar-refractivity contribution in [3.05, 3.63) is 73.6 Å². The predicted molar refractivity (Wildman–Crippen MR) is 120 cm³/mol. The van der Waals surface area contributed by atoms with Gasteiger partial charge in [-0.15, -0.1) is 0 Å². The Bertz CT molecular complexity index is 1280. The van der Waals surface area contributed by atoms with E-state index in [9.17, 15) is 32.4 Å². The highest BCUT2D eigenvalue weighted by atomic mass is 35.5. The van der Waals surface area contributed by atoms with Gasteiger partial charge >= 0.3 is 6.18 Å². The van der Waals surface area contributed by atoms with Crippen LogP contribution in [0.1, 0.15) is 24.1 Å². The van der Waals surface area contributed by atoms with Crippen LogP contribution in [0.5, 0.6) is 5.75 Å². The Kier molecular flexibility index (Phi) is 7.18. The Hall–Kier alpha value is -3.18. The number of fused-ring (bicyclic) bond motifs is 1. The third-order valence-electron chi connectivity index (χ3n) is 5.43. The van der Waals surface area contributed by atoms with Crippen LogP contribution in [-0.2, 0) is 6.42 Å². The quantitative estimate of drug-likeness (QED) is 0.294. The van der Waals surface area contributed by atoms with Gasteiger partial charge in [-0.1, -0.05) is 23.7 Å². The second-order valence-corrected chi connectivity index (χ2v) is 8.01. The number of ether oxygens (including phenoxy) is 1. The average molecular weight is 502 g/mol. The van der Waals surface area contributed by atoms with E-state index in [0.717, 1.165) is 19.2 Å². The third-order valence-corrected chi connectivity index (χ3v) is 5.65. The molecule has 2 atom stereocenters. The summed E-state index contributed by atoms with van der Waals surface area (Å²) >= 11 is 5.92. The molecule has 3 aromatic rings. The van der Waals surface area contributed by atoms with Crippen molar-refractivity contribution in [2.75, 3.05) is 19.0 Å². The van der Waals surface area contributed by atoms with E-state index in [0.29, 0.717) is 22.9 Å². The fourth-order valence-corrected chi connectivity index (χ4v) is 3.93. The molecule has 3 N–H and O–H groups in total. The number of aromatic nitrogens is 1. The monoisotopic (exact) mass is 501 g/mol. The number of rotatable bonds is 8. The van der Waals surface area contributed by atoms with Gasteiger partial charge in [0.25, 0.3) is 0 Å². The second kappa shape index (κ2) is 9.59. The van der Waals surface area contributed by atoms with E-state index >= 15 is 0 Å². The van der Waals surface area contributed by atoms with Gasteiger partial charge in [0.1, 0.15) is 6.54 Å². The number of nitroso groups, excluding NO2 is 1. The van der Waals surface area contributed by atoms with Crippen molar-refractivity contribution in [1.29, 1.82) is 0 Å². The van der Waals surface area contributed by atoms with Gasteiger partial charge in [0, 0.05) is 27.7 Å². The Morgan fingerprint density at radius 2 is 1.94 bits per heavy atom. The van der Waals surface area contributed by atoms with Gasteiger partial charge in [0.05, 0.1) is 18.7 Å². The predicted octanol–water partition coefficient (Wildman–Crippen LogP) is 5.10. The molecule has 0 saturated carbocycles. The molecule has 1 aromatic heterocycles. The molecule has 0 bridgehead atoms. The largest absolute Gasteiger partial charge is 0.493 e. The van der Waals surface area contributed by atoms with E-state index in [-0.39, 0.29) is 10.7 Å². The number of H-pyrrole nitrogens is 1. The van der Waals surface area contributed by atoms with Crippen molar-refractivity contribution in [3.8, 4) is 5.75 Å². The summed E-state index contributed by atoms with van der Waals surface area (Å²) in [6.07, 6.45) is -4.92. The van der Waals surface area contributed by atoms with Crippen LogP contribution >= 0.6 is 11.6 Å². The van der Waals surface area contributed by atoms with Crippen LogP contribution in [0.3, 0.4) is 0 Å². The summed E-state index contributed by atoms with van der Waals surface area (Å²) in [7, 11) is 1.04. The molecule has 3 rings (SSSR count). The van der Waals surface area contributed by atoms with Gasteiger partial charge in [-0.25, -0.2) is 4.39 Å². The number of methoxy groups -OCH3 is 1. The van der Waals surface area contributed by atoms with Crippen LogP contribution in [-0.4, -0.2) is 35.5 Å². The van der Waals surface area contributed by atoms with Crippen molar-refractivity contribution in [3.63, 3.8) is 0 Å². The standard InChI is InChI=1S/C22H20ClF4N3O4/c1-3-11-6-16-13(4-5-18(31)29-16)17(7-11)30-20(21(32,10-28-33)22(25,26)27)14-8-12(23)9-15(24)19(14)34-2/h4-9,20,30,32H,3,10H2,1-2H3,(H,29,31). The molecule has 0 amide bonds. The minimum atomic E-state index is -5.38. The average Bonchev–Trinajstić information content (AvgIpc) is 2.75. The number of pyridine rings is 1. The summed E-state index contributed by atoms with van der Waals surface area (Å²) in [5.41, 5.74) is -3.67. The number of aliphatic hydroxyl groups is 1. The number of nitrogens with one attached hydrogen (secondary N) is 2. The number of nitrogens with zero attached hydrogens (tertiary/aromatic N) is 1. The first kappa shape index (κ1) is 25.4. The second-order valence-electron chi connectivity index (χ2n) is 7.58. The maximum absolute atomic E-state index is 14.6. The SMILES string of the molecule is CCc1cc(NC(c2cc(Cl)cc(F)c2OC)C(O)(CN=O)C(F)(F)F)c2ccc(=O)[nH]c2c1. The number of hydrogen-bond donors (Lipinski definition) is 3. The van der Waals surface area contributed by atoms with Crippen molar-refractivity contribution >= 4 is 28.2 Å². The van der Waals surface area contributed by atoms with E-state index in [2.05, 4.69) is 15.5 Å². The maximum atomic E-state index is 14.6. The van der Waals surface area contributed by atoms with Crippen molar-refractivity contribution in [1.82, 2.24) is 4.98 Å². The molecular formula is C22H20ClF4N3O4. The lowest BCUT2D eigenvalue weighted by molar-refractivity contribution is -0.262. The Morgan fingerprint density at radius 3 is 2.53 bits per heavy atom. The summed E-state index contributed by atoms with van der Waals surface area (Å²) in [4.78, 5) is 25.4. The fourth-order valence-electron chi connectivity index (χ4n) is 3.72. The van der Waals surface area contributed by atoms with Crippen molar-refractivity contribution in [2.45, 2.75) is 31.2 Å². The Labute approximate surface area is 195 Å². The lowest BCUT2D eigenvalue weighted by atomic mass is 9.86. The maximum Gasteiger partial charge on any atom is 0.421 e. The number of benzene rings is 2. The molecule has 0 aliphatic rings. The van der Waals surface area contributed by atoms with Crippen LogP contribution in [0.15, 0.2) is 46.4 Å². The molecule has 2 aromatic carbocycles. The summed E-state index contributed by atoms with van der Waals surface area (Å²) in [5, 5.41) is 15.7. The Balaban J connectivity index is 2.35. The molecule has 1 heterocycles.